The molecule has 0 amide bonds. The van der Waals surface area contributed by atoms with Gasteiger partial charge in [-0.15, -0.1) is 0 Å². The molecule has 0 saturated carbocycles. The molecule has 0 aliphatic heterocycles. The summed E-state index contributed by atoms with van der Waals surface area (Å²) in [4.78, 5) is 52.1. The van der Waals surface area contributed by atoms with Crippen LogP contribution in [-0.4, -0.2) is 37.1 Å². The van der Waals surface area contributed by atoms with Gasteiger partial charge in [-0.2, -0.15) is 0 Å². The van der Waals surface area contributed by atoms with Crippen LogP contribution in [0.2, 0.25) is 0 Å². The summed E-state index contributed by atoms with van der Waals surface area (Å²) in [6.45, 7) is 5.80. The Labute approximate surface area is 451 Å². The predicted molar refractivity (Wildman–Crippen MR) is 303 cm³/mol. The second-order valence-corrected chi connectivity index (χ2v) is 19.8. The van der Waals surface area contributed by atoms with Crippen molar-refractivity contribution in [1.82, 2.24) is 0 Å². The van der Waals surface area contributed by atoms with Crippen LogP contribution in [0.5, 0.6) is 34.5 Å². The zero-order valence-electron chi connectivity index (χ0n) is 45.2. The molecule has 0 spiro atoms. The molecule has 0 aliphatic rings. The van der Waals surface area contributed by atoms with E-state index in [1.165, 1.54) is 177 Å². The number of hydrogen-bond donors (Lipinski definition) is 0. The van der Waals surface area contributed by atoms with Gasteiger partial charge in [-0.05, 0) is 145 Å². The topological polar surface area (TPSA) is 124 Å². The lowest BCUT2D eigenvalue weighted by Crippen LogP contribution is -2.10. The first-order valence-corrected chi connectivity index (χ1v) is 28.4. The van der Waals surface area contributed by atoms with Crippen molar-refractivity contribution >= 4 is 34.6 Å². The molecule has 0 radical (unpaired) electrons. The Bertz CT molecular complexity index is 2460. The van der Waals surface area contributed by atoms with Gasteiger partial charge < -0.3 is 28.4 Å². The molecule has 6 aromatic rings. The molecule has 0 heterocycles. The van der Waals surface area contributed by atoms with E-state index in [9.17, 15) is 19.2 Å². The molecular weight excluding hydrogens is 953 g/mol. The van der Waals surface area contributed by atoms with E-state index in [2.05, 4.69) is 13.8 Å². The summed E-state index contributed by atoms with van der Waals surface area (Å²) in [7, 11) is 0. The number of unbranched alkanes of at least 4 members (excludes halogenated alkanes) is 22. The third-order valence-electron chi connectivity index (χ3n) is 13.5. The van der Waals surface area contributed by atoms with Crippen LogP contribution >= 0.6 is 0 Å². The van der Waals surface area contributed by atoms with Crippen molar-refractivity contribution in [1.29, 1.82) is 0 Å². The number of rotatable bonds is 36. The highest BCUT2D eigenvalue weighted by atomic mass is 16.5. The molecule has 10 heteroatoms. The molecule has 0 unspecified atom stereocenters. The monoisotopic (exact) mass is 1030 g/mol. The average Bonchev–Trinajstić information content (AvgIpc) is 3.44. The molecule has 0 aromatic heterocycles. The van der Waals surface area contributed by atoms with E-state index in [0.717, 1.165) is 31.1 Å². The van der Waals surface area contributed by atoms with E-state index < -0.39 is 23.9 Å². The van der Waals surface area contributed by atoms with E-state index in [4.69, 9.17) is 28.4 Å². The second kappa shape index (κ2) is 33.9. The maximum absolute atomic E-state index is 13.1. The summed E-state index contributed by atoms with van der Waals surface area (Å²) >= 11 is 0. The highest BCUT2D eigenvalue weighted by molar-refractivity contribution is 5.95. The Hall–Kier alpha value is -6.94. The van der Waals surface area contributed by atoms with E-state index in [0.29, 0.717) is 41.2 Å². The van der Waals surface area contributed by atoms with E-state index in [1.807, 2.05) is 0 Å². The lowest BCUT2D eigenvalue weighted by atomic mass is 10.1. The minimum absolute atomic E-state index is 0.261. The second-order valence-electron chi connectivity index (χ2n) is 19.8. The van der Waals surface area contributed by atoms with Crippen LogP contribution in [-0.2, 0) is 0 Å². The van der Waals surface area contributed by atoms with Gasteiger partial charge in [0.15, 0.2) is 0 Å². The van der Waals surface area contributed by atoms with E-state index >= 15 is 0 Å². The van der Waals surface area contributed by atoms with Crippen molar-refractivity contribution in [2.75, 3.05) is 13.2 Å². The summed E-state index contributed by atoms with van der Waals surface area (Å²) in [6, 6.07) is 36.4. The van der Waals surface area contributed by atoms with Gasteiger partial charge in [0.05, 0.1) is 35.5 Å². The van der Waals surface area contributed by atoms with Gasteiger partial charge in [-0.25, -0.2) is 19.2 Å². The molecule has 0 N–H and O–H groups in total. The van der Waals surface area contributed by atoms with Crippen LogP contribution < -0.4 is 28.4 Å². The van der Waals surface area contributed by atoms with E-state index in [-0.39, 0.29) is 34.1 Å². The lowest BCUT2D eigenvalue weighted by Gasteiger charge is -2.10. The van der Waals surface area contributed by atoms with Gasteiger partial charge in [0.2, 0.25) is 0 Å². The lowest BCUT2D eigenvalue weighted by molar-refractivity contribution is 0.0720. The number of esters is 4. The van der Waals surface area contributed by atoms with Gasteiger partial charge in [0, 0.05) is 0 Å². The summed E-state index contributed by atoms with van der Waals surface area (Å²) in [5.41, 5.74) is 1.29. The minimum Gasteiger partial charge on any atom is -0.494 e. The van der Waals surface area contributed by atoms with Crippen molar-refractivity contribution in [2.24, 2.45) is 0 Å². The van der Waals surface area contributed by atoms with Gasteiger partial charge in [-0.1, -0.05) is 167 Å². The molecule has 0 atom stereocenters. The van der Waals surface area contributed by atoms with Crippen molar-refractivity contribution in [2.45, 2.75) is 168 Å². The fraction of sp³-hybridized carbons (Fsp3) is 0.424. The highest BCUT2D eigenvalue weighted by Gasteiger charge is 2.15. The summed E-state index contributed by atoms with van der Waals surface area (Å²) < 4.78 is 34.3. The van der Waals surface area contributed by atoms with Crippen LogP contribution in [0.4, 0.5) is 0 Å². The average molecular weight is 1030 g/mol. The molecule has 6 aromatic carbocycles. The number of carbonyl (C=O) groups is 4. The molecule has 0 bridgehead atoms. The van der Waals surface area contributed by atoms with Crippen LogP contribution in [0.3, 0.4) is 0 Å². The Morgan fingerprint density at radius 2 is 0.500 bits per heavy atom. The first-order valence-electron chi connectivity index (χ1n) is 28.4. The fourth-order valence-corrected chi connectivity index (χ4v) is 8.95. The largest absolute Gasteiger partial charge is 0.494 e. The van der Waals surface area contributed by atoms with Crippen molar-refractivity contribution in [3.63, 3.8) is 0 Å². The maximum atomic E-state index is 13.1. The number of carbonyl (C=O) groups excluding carboxylic acids is 4. The smallest absolute Gasteiger partial charge is 0.343 e. The van der Waals surface area contributed by atoms with Crippen molar-refractivity contribution in [3.05, 3.63) is 156 Å². The Kier molecular flexibility index (Phi) is 26.0. The first kappa shape index (κ1) is 58.3. The van der Waals surface area contributed by atoms with E-state index in [1.54, 1.807) is 84.9 Å². The van der Waals surface area contributed by atoms with Gasteiger partial charge in [-0.3, -0.25) is 0 Å². The molecule has 0 aliphatic carbocycles. The Balaban J connectivity index is 0.863. The molecule has 0 fully saturated rings. The molecular formula is C66H80O10. The normalized spacial score (nSPS) is 11.0. The number of ether oxygens (including phenoxy) is 6. The predicted octanol–water partition coefficient (Wildman–Crippen LogP) is 17.9. The molecule has 404 valence electrons. The van der Waals surface area contributed by atoms with Crippen LogP contribution in [0.15, 0.2) is 133 Å². The number of hydrogen-bond acceptors (Lipinski definition) is 10. The van der Waals surface area contributed by atoms with Gasteiger partial charge in [0.1, 0.15) is 34.5 Å². The van der Waals surface area contributed by atoms with Crippen LogP contribution in [0, 0.1) is 0 Å². The molecule has 10 nitrogen and oxygen atoms in total. The Morgan fingerprint density at radius 3 is 0.789 bits per heavy atom. The quantitative estimate of drug-likeness (QED) is 0.0213. The van der Waals surface area contributed by atoms with Crippen molar-refractivity contribution in [3.8, 4) is 34.5 Å². The van der Waals surface area contributed by atoms with Crippen LogP contribution in [0.25, 0.3) is 10.8 Å². The zero-order valence-corrected chi connectivity index (χ0v) is 45.2. The van der Waals surface area contributed by atoms with Gasteiger partial charge in [0.25, 0.3) is 0 Å². The summed E-state index contributed by atoms with van der Waals surface area (Å²) in [5.74, 6) is 0.310. The molecule has 6 rings (SSSR count). The van der Waals surface area contributed by atoms with Crippen LogP contribution in [0.1, 0.15) is 209 Å². The highest BCUT2D eigenvalue weighted by Crippen LogP contribution is 2.28. The summed E-state index contributed by atoms with van der Waals surface area (Å²) in [6.07, 6.45) is 31.0. The molecule has 0 saturated heterocycles. The standard InChI is InChI=1S/C66H80O10/c1-3-5-7-9-11-13-15-17-19-21-23-25-47-71-57-37-29-52(30-38-57)63(67)73-59-41-33-54(34-42-59)65(69)75-61-45-27-51-28-46-62(50-56(51)49-61)76-66(70)55-35-43-60(44-36-55)74-64(68)53-31-39-58(40-32-53)72-48-26-24-22-20-18-16-14-12-10-8-6-4-2/h27-46,49-50H,3-26,47-48H2,1-2H3. The van der Waals surface area contributed by atoms with Crippen molar-refractivity contribution < 1.29 is 47.6 Å². The minimum atomic E-state index is -0.601. The number of fused-ring (bicyclic) bond motifs is 1. The first-order chi connectivity index (χ1) is 37.3. The third-order valence-corrected chi connectivity index (χ3v) is 13.5. The maximum Gasteiger partial charge on any atom is 0.343 e. The summed E-state index contributed by atoms with van der Waals surface area (Å²) in [5, 5.41) is 1.52. The SMILES string of the molecule is CCCCCCCCCCCCCCOc1ccc(C(=O)Oc2ccc(C(=O)Oc3ccc4ccc(OC(=O)c5ccc(OC(=O)c6ccc(OCCCCCCCCCCCCCC)cc6)cc5)cc4c3)cc2)cc1. The molecule has 76 heavy (non-hydrogen) atoms. The Morgan fingerprint density at radius 1 is 0.263 bits per heavy atom. The third kappa shape index (κ3) is 21.4. The zero-order chi connectivity index (χ0) is 53.4. The fourth-order valence-electron chi connectivity index (χ4n) is 8.95. The number of benzene rings is 6. The van der Waals surface area contributed by atoms with Gasteiger partial charge >= 0.3 is 23.9 Å².